The van der Waals surface area contributed by atoms with E-state index < -0.39 is 0 Å². The number of unbranched alkanes of at least 4 members (excludes halogenated alkanes) is 3. The molecule has 1 atom stereocenters. The van der Waals surface area contributed by atoms with Crippen LogP contribution in [0.4, 0.5) is 0 Å². The summed E-state index contributed by atoms with van der Waals surface area (Å²) in [5.41, 5.74) is 0.979. The Morgan fingerprint density at radius 1 is 1.17 bits per heavy atom. The van der Waals surface area contributed by atoms with E-state index in [0.717, 1.165) is 37.7 Å². The summed E-state index contributed by atoms with van der Waals surface area (Å²) in [5, 5.41) is 9.93. The Hall–Kier alpha value is -1.35. The number of carbonyl (C=O) groups is 1. The lowest BCUT2D eigenvalue weighted by Crippen LogP contribution is -1.99. The van der Waals surface area contributed by atoms with Gasteiger partial charge in [0, 0.05) is 6.42 Å². The van der Waals surface area contributed by atoms with Crippen molar-refractivity contribution < 1.29 is 14.6 Å². The minimum atomic E-state index is -0.369. The molecule has 1 unspecified atom stereocenters. The van der Waals surface area contributed by atoms with Crippen LogP contribution in [0.25, 0.3) is 0 Å². The largest absolute Gasteiger partial charge is 0.469 e. The van der Waals surface area contributed by atoms with Crippen LogP contribution in [0.2, 0.25) is 0 Å². The van der Waals surface area contributed by atoms with Gasteiger partial charge in [-0.05, 0) is 18.4 Å². The third-order valence-electron chi connectivity index (χ3n) is 3.02. The number of rotatable bonds is 8. The number of aliphatic hydroxyl groups excluding tert-OH is 1. The minimum Gasteiger partial charge on any atom is -0.469 e. The molecule has 1 rings (SSSR count). The lowest BCUT2D eigenvalue weighted by atomic mass is 10.0. The highest BCUT2D eigenvalue weighted by Gasteiger charge is 2.06. The number of methoxy groups -OCH3 is 1. The van der Waals surface area contributed by atoms with Gasteiger partial charge in [0.2, 0.25) is 0 Å². The van der Waals surface area contributed by atoms with Crippen LogP contribution in [-0.4, -0.2) is 18.2 Å². The van der Waals surface area contributed by atoms with Gasteiger partial charge in [-0.1, -0.05) is 49.6 Å². The number of hydrogen-bond donors (Lipinski definition) is 1. The van der Waals surface area contributed by atoms with Gasteiger partial charge in [-0.2, -0.15) is 0 Å². The average Bonchev–Trinajstić information content (AvgIpc) is 2.43. The second-order valence-corrected chi connectivity index (χ2v) is 4.46. The Labute approximate surface area is 109 Å². The number of esters is 1. The predicted molar refractivity (Wildman–Crippen MR) is 71.1 cm³/mol. The van der Waals surface area contributed by atoms with Gasteiger partial charge in [0.15, 0.2) is 0 Å². The van der Waals surface area contributed by atoms with E-state index in [-0.39, 0.29) is 12.1 Å². The van der Waals surface area contributed by atoms with E-state index in [1.807, 2.05) is 30.3 Å². The van der Waals surface area contributed by atoms with E-state index in [9.17, 15) is 9.90 Å². The third-order valence-corrected chi connectivity index (χ3v) is 3.02. The summed E-state index contributed by atoms with van der Waals surface area (Å²) in [6.07, 6.45) is 4.81. The highest BCUT2D eigenvalue weighted by molar-refractivity contribution is 5.68. The fourth-order valence-corrected chi connectivity index (χ4v) is 1.90. The van der Waals surface area contributed by atoms with E-state index >= 15 is 0 Å². The quantitative estimate of drug-likeness (QED) is 0.569. The lowest BCUT2D eigenvalue weighted by molar-refractivity contribution is -0.140. The molecule has 100 valence electrons. The minimum absolute atomic E-state index is 0.140. The van der Waals surface area contributed by atoms with Crippen LogP contribution in [0.5, 0.6) is 0 Å². The van der Waals surface area contributed by atoms with Crippen LogP contribution >= 0.6 is 0 Å². The van der Waals surface area contributed by atoms with Crippen LogP contribution < -0.4 is 0 Å². The van der Waals surface area contributed by atoms with E-state index in [1.54, 1.807) is 0 Å². The number of carbonyl (C=O) groups excluding carboxylic acids is 1. The fraction of sp³-hybridized carbons (Fsp3) is 0.533. The number of ether oxygens (including phenoxy) is 1. The highest BCUT2D eigenvalue weighted by Crippen LogP contribution is 2.19. The van der Waals surface area contributed by atoms with Gasteiger partial charge < -0.3 is 9.84 Å². The molecule has 0 aliphatic carbocycles. The molecule has 18 heavy (non-hydrogen) atoms. The lowest BCUT2D eigenvalue weighted by Gasteiger charge is -2.10. The van der Waals surface area contributed by atoms with E-state index in [0.29, 0.717) is 6.42 Å². The molecule has 0 bridgehead atoms. The Kier molecular flexibility index (Phi) is 7.11. The SMILES string of the molecule is COC(=O)CCCCCCC(O)c1ccccc1. The zero-order chi connectivity index (χ0) is 13.2. The molecule has 0 aromatic heterocycles. The van der Waals surface area contributed by atoms with Crippen LogP contribution in [0, 0.1) is 0 Å². The molecule has 0 radical (unpaired) electrons. The standard InChI is InChI=1S/C15H22O3/c1-18-15(17)12-8-3-2-7-11-14(16)13-9-5-4-6-10-13/h4-6,9-10,14,16H,2-3,7-8,11-12H2,1H3. The molecule has 0 aliphatic rings. The first-order chi connectivity index (χ1) is 8.74. The molecule has 1 N–H and O–H groups in total. The zero-order valence-corrected chi connectivity index (χ0v) is 11.0. The molecule has 0 spiro atoms. The molecular formula is C15H22O3. The van der Waals surface area contributed by atoms with Gasteiger partial charge in [0.25, 0.3) is 0 Å². The number of benzene rings is 1. The zero-order valence-electron chi connectivity index (χ0n) is 11.0. The van der Waals surface area contributed by atoms with Crippen molar-refractivity contribution in [1.82, 2.24) is 0 Å². The maximum absolute atomic E-state index is 10.9. The molecule has 0 aliphatic heterocycles. The maximum atomic E-state index is 10.9. The molecule has 0 amide bonds. The Bertz CT molecular complexity index is 335. The van der Waals surface area contributed by atoms with E-state index in [1.165, 1.54) is 7.11 Å². The van der Waals surface area contributed by atoms with Gasteiger partial charge in [-0.25, -0.2) is 0 Å². The molecule has 0 saturated heterocycles. The summed E-state index contributed by atoms with van der Waals surface area (Å²) in [6.45, 7) is 0. The van der Waals surface area contributed by atoms with E-state index in [2.05, 4.69) is 4.74 Å². The van der Waals surface area contributed by atoms with Gasteiger partial charge >= 0.3 is 5.97 Å². The molecule has 3 nitrogen and oxygen atoms in total. The van der Waals surface area contributed by atoms with Crippen LogP contribution in [0.3, 0.4) is 0 Å². The summed E-state index contributed by atoms with van der Waals surface area (Å²) >= 11 is 0. The highest BCUT2D eigenvalue weighted by atomic mass is 16.5. The second-order valence-electron chi connectivity index (χ2n) is 4.46. The monoisotopic (exact) mass is 250 g/mol. The average molecular weight is 250 g/mol. The molecule has 0 saturated carbocycles. The van der Waals surface area contributed by atoms with Gasteiger partial charge in [-0.3, -0.25) is 4.79 Å². The molecule has 0 fully saturated rings. The van der Waals surface area contributed by atoms with Gasteiger partial charge in [0.1, 0.15) is 0 Å². The van der Waals surface area contributed by atoms with Crippen LogP contribution in [0.1, 0.15) is 50.2 Å². The molecule has 3 heteroatoms. The van der Waals surface area contributed by atoms with Crippen molar-refractivity contribution >= 4 is 5.97 Å². The molecule has 1 aromatic carbocycles. The smallest absolute Gasteiger partial charge is 0.305 e. The van der Waals surface area contributed by atoms with Crippen molar-refractivity contribution in [2.24, 2.45) is 0 Å². The van der Waals surface area contributed by atoms with Crippen molar-refractivity contribution in [1.29, 1.82) is 0 Å². The maximum Gasteiger partial charge on any atom is 0.305 e. The molecule has 0 heterocycles. The summed E-state index contributed by atoms with van der Waals surface area (Å²) < 4.78 is 4.57. The van der Waals surface area contributed by atoms with Crippen molar-refractivity contribution in [2.45, 2.75) is 44.6 Å². The van der Waals surface area contributed by atoms with Gasteiger partial charge in [0.05, 0.1) is 13.2 Å². The third kappa shape index (κ3) is 5.82. The van der Waals surface area contributed by atoms with Crippen LogP contribution in [-0.2, 0) is 9.53 Å². The summed E-state index contributed by atoms with van der Waals surface area (Å²) in [5.74, 6) is -0.140. The number of aliphatic hydroxyl groups is 1. The number of hydrogen-bond acceptors (Lipinski definition) is 3. The Balaban J connectivity index is 2.06. The first-order valence-electron chi connectivity index (χ1n) is 6.54. The summed E-state index contributed by atoms with van der Waals surface area (Å²) in [4.78, 5) is 10.9. The van der Waals surface area contributed by atoms with Crippen molar-refractivity contribution in [3.05, 3.63) is 35.9 Å². The van der Waals surface area contributed by atoms with Crippen LogP contribution in [0.15, 0.2) is 30.3 Å². The summed E-state index contributed by atoms with van der Waals surface area (Å²) in [6, 6.07) is 9.72. The second kappa shape index (κ2) is 8.70. The van der Waals surface area contributed by atoms with Crippen molar-refractivity contribution in [2.75, 3.05) is 7.11 Å². The van der Waals surface area contributed by atoms with Gasteiger partial charge in [-0.15, -0.1) is 0 Å². The topological polar surface area (TPSA) is 46.5 Å². The predicted octanol–water partition coefficient (Wildman–Crippen LogP) is 3.23. The molecular weight excluding hydrogens is 228 g/mol. The normalized spacial score (nSPS) is 12.1. The first kappa shape index (κ1) is 14.7. The van der Waals surface area contributed by atoms with Crippen molar-refractivity contribution in [3.8, 4) is 0 Å². The first-order valence-corrected chi connectivity index (χ1v) is 6.54. The molecule has 1 aromatic rings. The fourth-order valence-electron chi connectivity index (χ4n) is 1.90. The van der Waals surface area contributed by atoms with Crippen molar-refractivity contribution in [3.63, 3.8) is 0 Å². The summed E-state index contributed by atoms with van der Waals surface area (Å²) in [7, 11) is 1.42. The Morgan fingerprint density at radius 3 is 2.50 bits per heavy atom. The Morgan fingerprint density at radius 2 is 1.83 bits per heavy atom. The van der Waals surface area contributed by atoms with E-state index in [4.69, 9.17) is 0 Å².